The van der Waals surface area contributed by atoms with Crippen LogP contribution in [0.2, 0.25) is 0 Å². The van der Waals surface area contributed by atoms with Crippen molar-refractivity contribution in [1.29, 1.82) is 0 Å². The van der Waals surface area contributed by atoms with Crippen LogP contribution in [0.25, 0.3) is 0 Å². The highest BCUT2D eigenvalue weighted by Gasteiger charge is 1.94. The Morgan fingerprint density at radius 1 is 0.833 bits per heavy atom. The quantitative estimate of drug-likeness (QED) is 0.338. The first-order valence-corrected chi connectivity index (χ1v) is 7.95. The van der Waals surface area contributed by atoms with Crippen molar-refractivity contribution in [3.05, 3.63) is 84.1 Å². The molecule has 0 spiro atoms. The van der Waals surface area contributed by atoms with E-state index in [1.807, 2.05) is 12.1 Å². The summed E-state index contributed by atoms with van der Waals surface area (Å²) in [6.07, 6.45) is 3.07. The lowest BCUT2D eigenvalue weighted by Gasteiger charge is -2.01. The summed E-state index contributed by atoms with van der Waals surface area (Å²) in [6, 6.07) is 21.0. The minimum Gasteiger partial charge on any atom is -0.348 e. The molecule has 1 N–H and O–H groups in total. The van der Waals surface area contributed by atoms with Gasteiger partial charge in [0.05, 0.1) is 0 Å². The highest BCUT2D eigenvalue weighted by atomic mass is 17.1. The topological polar surface area (TPSA) is 46.5 Å². The standard InChI is InChI=1S/2C9H12.C3H3O3/c2*1-8(2)9-6-4-3-5-7-9;4-2-1-3-6-5/h2*3-8H,1-2H3;1,3,5H. The van der Waals surface area contributed by atoms with Crippen LogP contribution < -0.4 is 0 Å². The average molecular weight is 327 g/mol. The van der Waals surface area contributed by atoms with Gasteiger partial charge in [0, 0.05) is 6.08 Å². The van der Waals surface area contributed by atoms with Gasteiger partial charge in [-0.05, 0) is 23.0 Å². The third-order valence-corrected chi connectivity index (χ3v) is 3.13. The summed E-state index contributed by atoms with van der Waals surface area (Å²) in [4.78, 5) is 12.5. The molecule has 0 unspecified atom stereocenters. The first-order valence-electron chi connectivity index (χ1n) is 7.95. The number of allylic oxidation sites excluding steroid dienone is 1. The Labute approximate surface area is 145 Å². The van der Waals surface area contributed by atoms with E-state index in [2.05, 4.69) is 81.1 Å². The Hall–Kier alpha value is -2.39. The number of hydrogen-bond donors (Lipinski definition) is 1. The van der Waals surface area contributed by atoms with E-state index in [1.54, 1.807) is 0 Å². The Kier molecular flexibility index (Phi) is 12.8. The van der Waals surface area contributed by atoms with E-state index < -0.39 is 0 Å². The molecule has 0 aliphatic carbocycles. The van der Waals surface area contributed by atoms with E-state index in [1.165, 1.54) is 17.4 Å². The summed E-state index contributed by atoms with van der Waals surface area (Å²) in [7, 11) is 0. The van der Waals surface area contributed by atoms with Crippen LogP contribution >= 0.6 is 0 Å². The van der Waals surface area contributed by atoms with Crippen LogP contribution in [0.1, 0.15) is 50.7 Å². The highest BCUT2D eigenvalue weighted by Crippen LogP contribution is 2.12. The second-order valence-electron chi connectivity index (χ2n) is 5.66. The predicted octanol–water partition coefficient (Wildman–Crippen LogP) is 5.72. The summed E-state index contributed by atoms with van der Waals surface area (Å²) >= 11 is 0. The third kappa shape index (κ3) is 11.2. The highest BCUT2D eigenvalue weighted by molar-refractivity contribution is 5.64. The van der Waals surface area contributed by atoms with Crippen LogP contribution in [0.3, 0.4) is 0 Å². The fourth-order valence-corrected chi connectivity index (χ4v) is 1.73. The fourth-order valence-electron chi connectivity index (χ4n) is 1.73. The van der Waals surface area contributed by atoms with Crippen molar-refractivity contribution in [3.63, 3.8) is 0 Å². The molecule has 0 aliphatic heterocycles. The Balaban J connectivity index is 0.000000340. The Morgan fingerprint density at radius 3 is 1.38 bits per heavy atom. The molecule has 0 aliphatic rings. The molecule has 0 fully saturated rings. The molecule has 0 saturated heterocycles. The lowest BCUT2D eigenvalue weighted by atomic mass is 10.0. The first-order chi connectivity index (χ1) is 11.5. The predicted molar refractivity (Wildman–Crippen MR) is 99.6 cm³/mol. The van der Waals surface area contributed by atoms with Crippen LogP contribution in [0.5, 0.6) is 0 Å². The zero-order valence-corrected chi connectivity index (χ0v) is 14.8. The average Bonchev–Trinajstić information content (AvgIpc) is 2.62. The molecule has 0 bridgehead atoms. The van der Waals surface area contributed by atoms with Crippen LogP contribution in [-0.2, 0) is 9.68 Å². The molecule has 3 heteroatoms. The summed E-state index contributed by atoms with van der Waals surface area (Å²) < 4.78 is 0. The summed E-state index contributed by atoms with van der Waals surface area (Å²) in [5.41, 5.74) is 2.83. The van der Waals surface area contributed by atoms with Gasteiger partial charge < -0.3 is 4.89 Å². The summed E-state index contributed by atoms with van der Waals surface area (Å²) in [5.74, 6) is 1.32. The van der Waals surface area contributed by atoms with Crippen molar-refractivity contribution in [1.82, 2.24) is 0 Å². The van der Waals surface area contributed by atoms with Gasteiger partial charge in [-0.1, -0.05) is 88.4 Å². The normalized spacial score (nSPS) is 9.79. The van der Waals surface area contributed by atoms with Gasteiger partial charge in [-0.25, -0.2) is 5.26 Å². The largest absolute Gasteiger partial charge is 0.348 e. The van der Waals surface area contributed by atoms with Crippen LogP contribution in [0.4, 0.5) is 0 Å². The van der Waals surface area contributed by atoms with Crippen LogP contribution in [-0.4, -0.2) is 11.5 Å². The maximum absolute atomic E-state index is 9.16. The molecule has 0 heterocycles. The molecular formula is C21H27O3. The van der Waals surface area contributed by atoms with Gasteiger partial charge in [-0.3, -0.25) is 4.79 Å². The van der Waals surface area contributed by atoms with Crippen molar-refractivity contribution in [2.45, 2.75) is 39.5 Å². The van der Waals surface area contributed by atoms with Gasteiger partial charge in [-0.15, -0.1) is 0 Å². The summed E-state index contributed by atoms with van der Waals surface area (Å²) in [6.45, 7) is 8.81. The van der Waals surface area contributed by atoms with Crippen molar-refractivity contribution in [2.24, 2.45) is 0 Å². The van der Waals surface area contributed by atoms with Gasteiger partial charge in [0.15, 0.2) is 0 Å². The molecular weight excluding hydrogens is 300 g/mol. The SMILES string of the molecule is CC(C)c1ccccc1.CC(C)c1ccccc1.O=[C]C=COO. The molecule has 3 nitrogen and oxygen atoms in total. The summed E-state index contributed by atoms with van der Waals surface area (Å²) in [5, 5.41) is 7.43. The second kappa shape index (κ2) is 14.2. The molecule has 2 rings (SSSR count). The van der Waals surface area contributed by atoms with Crippen molar-refractivity contribution in [2.75, 3.05) is 0 Å². The first kappa shape index (κ1) is 21.6. The molecule has 0 atom stereocenters. The van der Waals surface area contributed by atoms with Gasteiger partial charge in [-0.2, -0.15) is 0 Å². The molecule has 24 heavy (non-hydrogen) atoms. The van der Waals surface area contributed by atoms with Gasteiger partial charge in [0.2, 0.25) is 6.29 Å². The molecule has 0 amide bonds. The monoisotopic (exact) mass is 327 g/mol. The fraction of sp³-hybridized carbons (Fsp3) is 0.286. The van der Waals surface area contributed by atoms with Gasteiger partial charge >= 0.3 is 0 Å². The zero-order valence-electron chi connectivity index (χ0n) is 14.8. The number of carbonyl (C=O) groups excluding carboxylic acids is 1. The van der Waals surface area contributed by atoms with E-state index in [9.17, 15) is 0 Å². The van der Waals surface area contributed by atoms with Gasteiger partial charge in [0.1, 0.15) is 6.26 Å². The molecule has 2 aromatic rings. The van der Waals surface area contributed by atoms with Crippen LogP contribution in [0.15, 0.2) is 73.0 Å². The van der Waals surface area contributed by atoms with Crippen LogP contribution in [0, 0.1) is 0 Å². The number of hydrogen-bond acceptors (Lipinski definition) is 3. The smallest absolute Gasteiger partial charge is 0.229 e. The van der Waals surface area contributed by atoms with Crippen molar-refractivity contribution >= 4 is 6.29 Å². The lowest BCUT2D eigenvalue weighted by Crippen LogP contribution is -1.83. The molecule has 0 saturated carbocycles. The molecule has 2 aromatic carbocycles. The van der Waals surface area contributed by atoms with E-state index in [4.69, 9.17) is 10.1 Å². The number of rotatable bonds is 4. The Bertz CT molecular complexity index is 502. The lowest BCUT2D eigenvalue weighted by molar-refractivity contribution is -0.186. The molecule has 0 aromatic heterocycles. The Morgan fingerprint density at radius 2 is 1.21 bits per heavy atom. The zero-order chi connectivity index (χ0) is 18.2. The molecule has 129 valence electrons. The van der Waals surface area contributed by atoms with Crippen molar-refractivity contribution < 1.29 is 14.9 Å². The van der Waals surface area contributed by atoms with E-state index in [0.29, 0.717) is 11.8 Å². The van der Waals surface area contributed by atoms with Crippen molar-refractivity contribution in [3.8, 4) is 0 Å². The molecule has 1 radical (unpaired) electrons. The van der Waals surface area contributed by atoms with E-state index >= 15 is 0 Å². The number of benzene rings is 2. The van der Waals surface area contributed by atoms with E-state index in [0.717, 1.165) is 12.3 Å². The minimum atomic E-state index is 0.659. The third-order valence-electron chi connectivity index (χ3n) is 3.13. The minimum absolute atomic E-state index is 0.659. The van der Waals surface area contributed by atoms with Gasteiger partial charge in [0.25, 0.3) is 0 Å². The van der Waals surface area contributed by atoms with E-state index in [-0.39, 0.29) is 0 Å². The maximum Gasteiger partial charge on any atom is 0.229 e. The second-order valence-corrected chi connectivity index (χ2v) is 5.66. The maximum atomic E-state index is 9.16.